The molecule has 1 fully saturated rings. The minimum atomic E-state index is -0.449. The third-order valence-electron chi connectivity index (χ3n) is 4.97. The smallest absolute Gasteiger partial charge is 0.358 e. The van der Waals surface area contributed by atoms with Crippen LogP contribution in [0.1, 0.15) is 54.2 Å². The van der Waals surface area contributed by atoms with Crippen molar-refractivity contribution in [1.29, 1.82) is 0 Å². The number of imidazole rings is 1. The van der Waals surface area contributed by atoms with Gasteiger partial charge in [0, 0.05) is 17.5 Å². The number of aromatic amines is 1. The van der Waals surface area contributed by atoms with Gasteiger partial charge in [-0.3, -0.25) is 0 Å². The van der Waals surface area contributed by atoms with Crippen LogP contribution >= 0.6 is 0 Å². The van der Waals surface area contributed by atoms with Crippen molar-refractivity contribution in [2.45, 2.75) is 38.0 Å². The number of methoxy groups -OCH3 is 1. The molecule has 0 saturated heterocycles. The highest BCUT2D eigenvalue weighted by Crippen LogP contribution is 2.38. The van der Waals surface area contributed by atoms with Gasteiger partial charge in [-0.15, -0.1) is 0 Å². The van der Waals surface area contributed by atoms with Gasteiger partial charge in [-0.1, -0.05) is 19.3 Å². The zero-order chi connectivity index (χ0) is 17.4. The van der Waals surface area contributed by atoms with E-state index in [1.54, 1.807) is 18.2 Å². The van der Waals surface area contributed by atoms with Crippen LogP contribution < -0.4 is 0 Å². The van der Waals surface area contributed by atoms with Gasteiger partial charge in [0.1, 0.15) is 11.5 Å². The van der Waals surface area contributed by atoms with E-state index in [2.05, 4.69) is 10.1 Å². The van der Waals surface area contributed by atoms with E-state index in [0.717, 1.165) is 35.4 Å². The van der Waals surface area contributed by atoms with Crippen LogP contribution in [0.5, 0.6) is 0 Å². The number of carbonyl (C=O) groups excluding carboxylic acids is 1. The zero-order valence-corrected chi connectivity index (χ0v) is 14.1. The molecule has 1 N–H and O–H groups in total. The van der Waals surface area contributed by atoms with E-state index < -0.39 is 5.97 Å². The van der Waals surface area contributed by atoms with E-state index in [9.17, 15) is 9.18 Å². The summed E-state index contributed by atoms with van der Waals surface area (Å²) in [6, 6.07) is 8.17. The number of carbonyl (C=O) groups is 1. The lowest BCUT2D eigenvalue weighted by Gasteiger charge is -2.22. The first-order valence-corrected chi connectivity index (χ1v) is 8.63. The van der Waals surface area contributed by atoms with Crippen molar-refractivity contribution >= 4 is 11.6 Å². The lowest BCUT2D eigenvalue weighted by molar-refractivity contribution is 0.0593. The molecule has 130 valence electrons. The number of benzene rings is 1. The molecule has 0 bridgehead atoms. The summed E-state index contributed by atoms with van der Waals surface area (Å²) in [5.74, 6) is -0.338. The predicted octanol–water partition coefficient (Wildman–Crippen LogP) is 4.30. The fourth-order valence-electron chi connectivity index (χ4n) is 3.75. The molecule has 0 unspecified atom stereocenters. The van der Waals surface area contributed by atoms with Gasteiger partial charge in [-0.05, 0) is 37.1 Å². The molecule has 0 aliphatic heterocycles. The third kappa shape index (κ3) is 2.81. The first kappa shape index (κ1) is 15.9. The van der Waals surface area contributed by atoms with Crippen LogP contribution in [0.25, 0.3) is 16.9 Å². The van der Waals surface area contributed by atoms with Gasteiger partial charge >= 0.3 is 5.97 Å². The molecule has 6 heteroatoms. The van der Waals surface area contributed by atoms with Crippen LogP contribution in [0, 0.1) is 5.82 Å². The molecule has 4 rings (SSSR count). The quantitative estimate of drug-likeness (QED) is 0.723. The van der Waals surface area contributed by atoms with Gasteiger partial charge in [0.05, 0.1) is 18.5 Å². The fourth-order valence-corrected chi connectivity index (χ4v) is 3.75. The number of halogens is 1. The Labute approximate surface area is 144 Å². The van der Waals surface area contributed by atoms with E-state index in [4.69, 9.17) is 4.74 Å². The Kier molecular flexibility index (Phi) is 4.03. The van der Waals surface area contributed by atoms with E-state index >= 15 is 0 Å². The van der Waals surface area contributed by atoms with Crippen molar-refractivity contribution in [1.82, 2.24) is 14.6 Å². The zero-order valence-electron chi connectivity index (χ0n) is 14.1. The van der Waals surface area contributed by atoms with Crippen LogP contribution in [-0.4, -0.2) is 27.7 Å². The SMILES string of the molecule is COC(=O)c1cc2[nH]c(-c3ccc(F)cc3)c(C3CCCCC3)n2n1. The summed E-state index contributed by atoms with van der Waals surface area (Å²) in [5.41, 5.74) is 3.98. The maximum absolute atomic E-state index is 13.3. The van der Waals surface area contributed by atoms with Crippen LogP contribution in [0.4, 0.5) is 4.39 Å². The van der Waals surface area contributed by atoms with Gasteiger partial charge in [0.25, 0.3) is 0 Å². The maximum atomic E-state index is 13.3. The molecule has 1 aliphatic carbocycles. The number of nitrogens with one attached hydrogen (secondary N) is 1. The minimum Gasteiger partial charge on any atom is -0.464 e. The van der Waals surface area contributed by atoms with Crippen LogP contribution in [0.2, 0.25) is 0 Å². The molecule has 1 aliphatic rings. The lowest BCUT2D eigenvalue weighted by Crippen LogP contribution is -2.10. The summed E-state index contributed by atoms with van der Waals surface area (Å²) in [5, 5.41) is 4.46. The number of rotatable bonds is 3. The molecule has 5 nitrogen and oxygen atoms in total. The Hall–Kier alpha value is -2.63. The minimum absolute atomic E-state index is 0.257. The number of hydrogen-bond donors (Lipinski definition) is 1. The fraction of sp³-hybridized carbons (Fsp3) is 0.368. The Morgan fingerprint density at radius 2 is 1.96 bits per heavy atom. The summed E-state index contributed by atoms with van der Waals surface area (Å²) >= 11 is 0. The molecular formula is C19H20FN3O2. The molecule has 3 aromatic rings. The number of fused-ring (bicyclic) bond motifs is 1. The summed E-state index contributed by atoms with van der Waals surface area (Å²) in [6.45, 7) is 0. The second-order valence-electron chi connectivity index (χ2n) is 6.55. The standard InChI is InChI=1S/C19H20FN3O2/c1-25-19(24)15-11-16-21-17(12-7-9-14(20)10-8-12)18(23(16)22-15)13-5-3-2-4-6-13/h7-11,13,21H,2-6H2,1H3. The van der Waals surface area contributed by atoms with Crippen molar-refractivity contribution in [2.75, 3.05) is 7.11 Å². The van der Waals surface area contributed by atoms with Gasteiger partial charge in [0.2, 0.25) is 0 Å². The largest absolute Gasteiger partial charge is 0.464 e. The second-order valence-corrected chi connectivity index (χ2v) is 6.55. The van der Waals surface area contributed by atoms with Crippen LogP contribution in [0.15, 0.2) is 30.3 Å². The normalized spacial score (nSPS) is 15.6. The molecular weight excluding hydrogens is 321 g/mol. The molecule has 1 saturated carbocycles. The predicted molar refractivity (Wildman–Crippen MR) is 92.1 cm³/mol. The number of nitrogens with zero attached hydrogens (tertiary/aromatic N) is 2. The first-order chi connectivity index (χ1) is 12.2. The van der Waals surface area contributed by atoms with Gasteiger partial charge < -0.3 is 9.72 Å². The van der Waals surface area contributed by atoms with Crippen LogP contribution in [-0.2, 0) is 4.74 Å². The average molecular weight is 341 g/mol. The van der Waals surface area contributed by atoms with Crippen molar-refractivity contribution in [3.05, 3.63) is 47.5 Å². The lowest BCUT2D eigenvalue weighted by atomic mass is 9.85. The van der Waals surface area contributed by atoms with Crippen molar-refractivity contribution < 1.29 is 13.9 Å². The average Bonchev–Trinajstić information content (AvgIpc) is 3.20. The number of aromatic nitrogens is 3. The Morgan fingerprint density at radius 1 is 1.24 bits per heavy atom. The molecule has 25 heavy (non-hydrogen) atoms. The van der Waals surface area contributed by atoms with E-state index in [-0.39, 0.29) is 11.5 Å². The van der Waals surface area contributed by atoms with Gasteiger partial charge in [0.15, 0.2) is 5.69 Å². The van der Waals surface area contributed by atoms with Crippen molar-refractivity contribution in [3.8, 4) is 11.3 Å². The molecule has 0 amide bonds. The summed E-state index contributed by atoms with van der Waals surface area (Å²) in [6.07, 6.45) is 5.81. The van der Waals surface area contributed by atoms with Crippen LogP contribution in [0.3, 0.4) is 0 Å². The first-order valence-electron chi connectivity index (χ1n) is 8.63. The number of ether oxygens (including phenoxy) is 1. The molecule has 0 spiro atoms. The van der Waals surface area contributed by atoms with E-state index in [1.807, 2.05) is 4.52 Å². The maximum Gasteiger partial charge on any atom is 0.358 e. The highest BCUT2D eigenvalue weighted by Gasteiger charge is 2.26. The summed E-state index contributed by atoms with van der Waals surface area (Å²) in [7, 11) is 1.35. The molecule has 0 atom stereocenters. The summed E-state index contributed by atoms with van der Waals surface area (Å²) < 4.78 is 19.9. The Morgan fingerprint density at radius 3 is 2.64 bits per heavy atom. The van der Waals surface area contributed by atoms with Gasteiger partial charge in [-0.25, -0.2) is 13.7 Å². The Bertz CT molecular complexity index is 905. The summed E-state index contributed by atoms with van der Waals surface area (Å²) in [4.78, 5) is 15.2. The number of hydrogen-bond acceptors (Lipinski definition) is 3. The Balaban J connectivity index is 1.87. The second kappa shape index (κ2) is 6.35. The molecule has 1 aromatic carbocycles. The number of H-pyrrole nitrogens is 1. The van der Waals surface area contributed by atoms with E-state index in [1.165, 1.54) is 38.5 Å². The molecule has 2 heterocycles. The molecule has 2 aromatic heterocycles. The number of esters is 1. The third-order valence-corrected chi connectivity index (χ3v) is 4.97. The topological polar surface area (TPSA) is 59.4 Å². The monoisotopic (exact) mass is 341 g/mol. The highest BCUT2D eigenvalue weighted by atomic mass is 19.1. The van der Waals surface area contributed by atoms with E-state index in [0.29, 0.717) is 5.92 Å². The highest BCUT2D eigenvalue weighted by molar-refractivity contribution is 5.88. The molecule has 0 radical (unpaired) electrons. The van der Waals surface area contributed by atoms with Crippen molar-refractivity contribution in [3.63, 3.8) is 0 Å². The van der Waals surface area contributed by atoms with Crippen molar-refractivity contribution in [2.24, 2.45) is 0 Å². The van der Waals surface area contributed by atoms with Gasteiger partial charge in [-0.2, -0.15) is 5.10 Å².